The Morgan fingerprint density at radius 1 is 1.25 bits per heavy atom. The average Bonchev–Trinajstić information content (AvgIpc) is 2.68. The first-order chi connectivity index (χ1) is 13.5. The smallest absolute Gasteiger partial charge is 0.251 e. The third-order valence-corrected chi connectivity index (χ3v) is 4.58. The van der Waals surface area contributed by atoms with Crippen LogP contribution in [0.1, 0.15) is 36.7 Å². The van der Waals surface area contributed by atoms with Gasteiger partial charge in [0, 0.05) is 51.9 Å². The molecule has 1 fully saturated rings. The summed E-state index contributed by atoms with van der Waals surface area (Å²) in [5.74, 6) is 1.37. The van der Waals surface area contributed by atoms with Gasteiger partial charge in [0.2, 0.25) is 0 Å². The highest BCUT2D eigenvalue weighted by Crippen LogP contribution is 2.07. The summed E-state index contributed by atoms with van der Waals surface area (Å²) in [6.45, 7) is 12.2. The van der Waals surface area contributed by atoms with E-state index in [1.54, 1.807) is 7.05 Å². The Balaban J connectivity index is 1.76. The Morgan fingerprint density at radius 2 is 2.00 bits per heavy atom. The van der Waals surface area contributed by atoms with Gasteiger partial charge >= 0.3 is 0 Å². The van der Waals surface area contributed by atoms with Crippen molar-refractivity contribution in [3.05, 3.63) is 35.4 Å². The van der Waals surface area contributed by atoms with Crippen molar-refractivity contribution in [1.82, 2.24) is 20.9 Å². The molecular weight excluding hydrogens is 354 g/mol. The van der Waals surface area contributed by atoms with Crippen LogP contribution in [-0.2, 0) is 11.3 Å². The van der Waals surface area contributed by atoms with Crippen molar-refractivity contribution in [2.24, 2.45) is 10.9 Å². The highest BCUT2D eigenvalue weighted by atomic mass is 16.5. The van der Waals surface area contributed by atoms with Crippen LogP contribution in [0.15, 0.2) is 29.3 Å². The van der Waals surface area contributed by atoms with Crippen LogP contribution in [0.5, 0.6) is 0 Å². The highest BCUT2D eigenvalue weighted by Gasteiger charge is 2.21. The second-order valence-corrected chi connectivity index (χ2v) is 7.51. The van der Waals surface area contributed by atoms with Crippen LogP contribution in [0.3, 0.4) is 0 Å². The third kappa shape index (κ3) is 7.48. The lowest BCUT2D eigenvalue weighted by Gasteiger charge is -2.34. The van der Waals surface area contributed by atoms with Crippen LogP contribution >= 0.6 is 0 Å². The lowest BCUT2D eigenvalue weighted by Crippen LogP contribution is -2.50. The number of ether oxygens (including phenoxy) is 1. The number of carbonyl (C=O) groups is 1. The molecule has 2 rings (SSSR count). The number of benzene rings is 1. The van der Waals surface area contributed by atoms with Crippen molar-refractivity contribution < 1.29 is 9.53 Å². The molecule has 0 aliphatic carbocycles. The van der Waals surface area contributed by atoms with Gasteiger partial charge in [-0.15, -0.1) is 0 Å². The molecular formula is C21H35N5O2. The van der Waals surface area contributed by atoms with Gasteiger partial charge in [-0.3, -0.25) is 14.7 Å². The molecule has 1 aliphatic heterocycles. The van der Waals surface area contributed by atoms with Crippen molar-refractivity contribution in [3.8, 4) is 0 Å². The first-order valence-corrected chi connectivity index (χ1v) is 10.2. The van der Waals surface area contributed by atoms with Gasteiger partial charge in [0.25, 0.3) is 5.91 Å². The van der Waals surface area contributed by atoms with Gasteiger partial charge in [-0.2, -0.15) is 0 Å². The average molecular weight is 390 g/mol. The van der Waals surface area contributed by atoms with E-state index in [4.69, 9.17) is 4.74 Å². The van der Waals surface area contributed by atoms with E-state index in [-0.39, 0.29) is 12.0 Å². The number of hydrogen-bond donors (Lipinski definition) is 3. The van der Waals surface area contributed by atoms with Crippen molar-refractivity contribution in [1.29, 1.82) is 0 Å². The van der Waals surface area contributed by atoms with Crippen molar-refractivity contribution in [2.45, 2.75) is 33.4 Å². The van der Waals surface area contributed by atoms with Gasteiger partial charge < -0.3 is 20.7 Å². The zero-order chi connectivity index (χ0) is 20.4. The van der Waals surface area contributed by atoms with E-state index in [2.05, 4.69) is 39.7 Å². The number of hydrogen-bond acceptors (Lipinski definition) is 4. The Hall–Kier alpha value is -2.12. The number of aliphatic imine (C=N–C) groups is 1. The lowest BCUT2D eigenvalue weighted by molar-refractivity contribution is -0.0284. The molecule has 7 heteroatoms. The third-order valence-electron chi connectivity index (χ3n) is 4.58. The molecule has 1 aromatic carbocycles. The van der Waals surface area contributed by atoms with Gasteiger partial charge in [0.05, 0.1) is 12.7 Å². The Bertz CT molecular complexity index is 630. The summed E-state index contributed by atoms with van der Waals surface area (Å²) in [6, 6.07) is 7.60. The fourth-order valence-electron chi connectivity index (χ4n) is 3.24. The van der Waals surface area contributed by atoms with Crippen LogP contribution in [0, 0.1) is 5.92 Å². The molecule has 28 heavy (non-hydrogen) atoms. The predicted molar refractivity (Wildman–Crippen MR) is 114 cm³/mol. The quantitative estimate of drug-likeness (QED) is 0.463. The van der Waals surface area contributed by atoms with Crippen LogP contribution < -0.4 is 16.0 Å². The fourth-order valence-corrected chi connectivity index (χ4v) is 3.24. The normalized spacial score (nSPS) is 18.2. The lowest BCUT2D eigenvalue weighted by atomic mass is 10.1. The molecule has 1 atom stereocenters. The second-order valence-electron chi connectivity index (χ2n) is 7.51. The molecule has 1 heterocycles. The number of carbonyl (C=O) groups excluding carboxylic acids is 1. The molecule has 0 spiro atoms. The summed E-state index contributed by atoms with van der Waals surface area (Å²) in [4.78, 5) is 18.6. The predicted octanol–water partition coefficient (Wildman–Crippen LogP) is 1.46. The van der Waals surface area contributed by atoms with Crippen LogP contribution in [0.4, 0.5) is 0 Å². The Morgan fingerprint density at radius 3 is 2.64 bits per heavy atom. The maximum atomic E-state index is 11.8. The van der Waals surface area contributed by atoms with E-state index in [0.29, 0.717) is 24.6 Å². The molecule has 1 aromatic rings. The summed E-state index contributed by atoms with van der Waals surface area (Å²) >= 11 is 0. The SMILES string of the molecule is CCNC(=O)c1ccc(CNC(=NC)NCC2CN(CC(C)C)CCO2)cc1. The summed E-state index contributed by atoms with van der Waals surface area (Å²) in [6.07, 6.45) is 0.169. The first-order valence-electron chi connectivity index (χ1n) is 10.2. The van der Waals surface area contributed by atoms with E-state index in [1.165, 1.54) is 0 Å². The van der Waals surface area contributed by atoms with Gasteiger partial charge in [-0.25, -0.2) is 0 Å². The minimum Gasteiger partial charge on any atom is -0.374 e. The van der Waals surface area contributed by atoms with E-state index in [0.717, 1.165) is 44.3 Å². The van der Waals surface area contributed by atoms with Crippen LogP contribution in [0.2, 0.25) is 0 Å². The van der Waals surface area contributed by atoms with E-state index < -0.39 is 0 Å². The van der Waals surface area contributed by atoms with E-state index in [9.17, 15) is 4.79 Å². The minimum absolute atomic E-state index is 0.0431. The summed E-state index contributed by atoms with van der Waals surface area (Å²) in [5, 5.41) is 9.47. The summed E-state index contributed by atoms with van der Waals surface area (Å²) < 4.78 is 5.88. The second kappa shape index (κ2) is 11.7. The van der Waals surface area contributed by atoms with Crippen LogP contribution in [0.25, 0.3) is 0 Å². The highest BCUT2D eigenvalue weighted by molar-refractivity contribution is 5.94. The molecule has 3 N–H and O–H groups in total. The molecule has 0 radical (unpaired) electrons. The number of morpholine rings is 1. The first kappa shape index (κ1) is 22.2. The topological polar surface area (TPSA) is 78.0 Å². The fraction of sp³-hybridized carbons (Fsp3) is 0.619. The molecule has 1 aliphatic rings. The molecule has 156 valence electrons. The van der Waals surface area contributed by atoms with Crippen LogP contribution in [-0.4, -0.2) is 69.2 Å². The largest absolute Gasteiger partial charge is 0.374 e. The van der Waals surface area contributed by atoms with Crippen molar-refractivity contribution in [3.63, 3.8) is 0 Å². The monoisotopic (exact) mass is 389 g/mol. The number of nitrogens with zero attached hydrogens (tertiary/aromatic N) is 2. The Labute approximate surface area is 168 Å². The maximum absolute atomic E-state index is 11.8. The maximum Gasteiger partial charge on any atom is 0.251 e. The standard InChI is InChI=1S/C21H35N5O2/c1-5-23-20(27)18-8-6-17(7-9-18)12-24-21(22-4)25-13-19-15-26(10-11-28-19)14-16(2)3/h6-9,16,19H,5,10-15H2,1-4H3,(H,23,27)(H2,22,24,25). The van der Waals surface area contributed by atoms with E-state index >= 15 is 0 Å². The molecule has 1 amide bonds. The molecule has 0 saturated carbocycles. The summed E-state index contributed by atoms with van der Waals surface area (Å²) in [7, 11) is 1.76. The van der Waals surface area contributed by atoms with Crippen molar-refractivity contribution in [2.75, 3.05) is 46.4 Å². The molecule has 1 saturated heterocycles. The van der Waals surface area contributed by atoms with Crippen molar-refractivity contribution >= 4 is 11.9 Å². The zero-order valence-corrected chi connectivity index (χ0v) is 17.6. The van der Waals surface area contributed by atoms with Gasteiger partial charge in [0.1, 0.15) is 0 Å². The number of nitrogens with one attached hydrogen (secondary N) is 3. The van der Waals surface area contributed by atoms with Gasteiger partial charge in [-0.1, -0.05) is 26.0 Å². The molecule has 1 unspecified atom stereocenters. The van der Waals surface area contributed by atoms with E-state index in [1.807, 2.05) is 31.2 Å². The summed E-state index contributed by atoms with van der Waals surface area (Å²) in [5.41, 5.74) is 1.77. The number of guanidine groups is 1. The zero-order valence-electron chi connectivity index (χ0n) is 17.6. The molecule has 7 nitrogen and oxygen atoms in total. The Kier molecular flexibility index (Phi) is 9.23. The molecule has 0 aromatic heterocycles. The number of amides is 1. The van der Waals surface area contributed by atoms with Gasteiger partial charge in [-0.05, 0) is 30.5 Å². The van der Waals surface area contributed by atoms with Gasteiger partial charge in [0.15, 0.2) is 5.96 Å². The molecule has 0 bridgehead atoms. The number of rotatable bonds is 8. The minimum atomic E-state index is -0.0431.